The van der Waals surface area contributed by atoms with Gasteiger partial charge in [0.25, 0.3) is 0 Å². The lowest BCUT2D eigenvalue weighted by Gasteiger charge is -2.37. The Balaban J connectivity index is 1.66. The molecule has 1 unspecified atom stereocenters. The van der Waals surface area contributed by atoms with Crippen molar-refractivity contribution in [3.8, 4) is 0 Å². The SMILES string of the molecule is CC(=O)c1ccc(S(=O)(=O)N2CCN(C3CCCCNC3=O)CC2)cc1. The molecule has 2 aliphatic rings. The highest BCUT2D eigenvalue weighted by atomic mass is 32.2. The van der Waals surface area contributed by atoms with E-state index in [0.29, 0.717) is 31.7 Å². The summed E-state index contributed by atoms with van der Waals surface area (Å²) in [6.45, 7) is 3.99. The summed E-state index contributed by atoms with van der Waals surface area (Å²) in [6, 6.07) is 5.90. The van der Waals surface area contributed by atoms with Crippen LogP contribution in [0.15, 0.2) is 29.2 Å². The van der Waals surface area contributed by atoms with Gasteiger partial charge in [0.05, 0.1) is 10.9 Å². The summed E-state index contributed by atoms with van der Waals surface area (Å²) in [5.74, 6) is -0.0390. The summed E-state index contributed by atoms with van der Waals surface area (Å²) in [5, 5.41) is 2.93. The van der Waals surface area contributed by atoms with Crippen LogP contribution in [0.5, 0.6) is 0 Å². The lowest BCUT2D eigenvalue weighted by atomic mass is 10.1. The van der Waals surface area contributed by atoms with E-state index >= 15 is 0 Å². The molecule has 1 aromatic rings. The van der Waals surface area contributed by atoms with Crippen molar-refractivity contribution in [2.24, 2.45) is 0 Å². The minimum atomic E-state index is -3.58. The number of rotatable bonds is 4. The first-order chi connectivity index (χ1) is 12.4. The number of carbonyl (C=O) groups excluding carboxylic acids is 2. The van der Waals surface area contributed by atoms with Crippen LogP contribution in [0.25, 0.3) is 0 Å². The van der Waals surface area contributed by atoms with Crippen molar-refractivity contribution in [1.82, 2.24) is 14.5 Å². The maximum atomic E-state index is 12.8. The van der Waals surface area contributed by atoms with Crippen LogP contribution in [0.3, 0.4) is 0 Å². The Morgan fingerprint density at radius 1 is 1.08 bits per heavy atom. The van der Waals surface area contributed by atoms with E-state index < -0.39 is 10.0 Å². The zero-order valence-electron chi connectivity index (χ0n) is 15.0. The summed E-state index contributed by atoms with van der Waals surface area (Å²) < 4.78 is 27.1. The number of amides is 1. The maximum absolute atomic E-state index is 12.8. The highest BCUT2D eigenvalue weighted by molar-refractivity contribution is 7.89. The summed E-state index contributed by atoms with van der Waals surface area (Å²) in [7, 11) is -3.58. The summed E-state index contributed by atoms with van der Waals surface area (Å²) in [6.07, 6.45) is 2.82. The highest BCUT2D eigenvalue weighted by Gasteiger charge is 2.33. The molecule has 1 amide bonds. The predicted octanol–water partition coefficient (Wildman–Crippen LogP) is 0.864. The zero-order chi connectivity index (χ0) is 18.7. The molecule has 3 rings (SSSR count). The van der Waals surface area contributed by atoms with Gasteiger partial charge < -0.3 is 5.32 Å². The second-order valence-electron chi connectivity index (χ2n) is 6.82. The third kappa shape index (κ3) is 3.97. The number of ketones is 1. The molecule has 142 valence electrons. The number of piperazine rings is 1. The van der Waals surface area contributed by atoms with Crippen molar-refractivity contribution in [2.75, 3.05) is 32.7 Å². The van der Waals surface area contributed by atoms with E-state index in [1.165, 1.54) is 23.4 Å². The average molecular weight is 379 g/mol. The molecule has 1 N–H and O–H groups in total. The lowest BCUT2D eigenvalue weighted by molar-refractivity contribution is -0.126. The van der Waals surface area contributed by atoms with Crippen molar-refractivity contribution in [1.29, 1.82) is 0 Å². The van der Waals surface area contributed by atoms with Gasteiger partial charge in [-0.15, -0.1) is 0 Å². The summed E-state index contributed by atoms with van der Waals surface area (Å²) in [5.41, 5.74) is 0.494. The van der Waals surface area contributed by atoms with Crippen molar-refractivity contribution in [3.63, 3.8) is 0 Å². The predicted molar refractivity (Wildman–Crippen MR) is 97.4 cm³/mol. The van der Waals surface area contributed by atoms with Crippen LogP contribution in [0.2, 0.25) is 0 Å². The Kier molecular flexibility index (Phi) is 5.74. The molecular formula is C18H25N3O4S. The van der Waals surface area contributed by atoms with Gasteiger partial charge >= 0.3 is 0 Å². The van der Waals surface area contributed by atoms with Gasteiger partial charge in [-0.1, -0.05) is 12.1 Å². The molecule has 1 aromatic carbocycles. The van der Waals surface area contributed by atoms with Gasteiger partial charge in [0.1, 0.15) is 0 Å². The molecule has 0 saturated carbocycles. The molecule has 0 bridgehead atoms. The minimum Gasteiger partial charge on any atom is -0.355 e. The first-order valence-corrected chi connectivity index (χ1v) is 10.5. The Morgan fingerprint density at radius 2 is 1.73 bits per heavy atom. The molecule has 8 heteroatoms. The van der Waals surface area contributed by atoms with E-state index in [1.807, 2.05) is 0 Å². The maximum Gasteiger partial charge on any atom is 0.243 e. The second-order valence-corrected chi connectivity index (χ2v) is 8.76. The number of carbonyl (C=O) groups is 2. The molecule has 1 atom stereocenters. The van der Waals surface area contributed by atoms with E-state index in [2.05, 4.69) is 10.2 Å². The molecule has 2 saturated heterocycles. The van der Waals surface area contributed by atoms with Gasteiger partial charge in [0.15, 0.2) is 5.78 Å². The zero-order valence-corrected chi connectivity index (χ0v) is 15.8. The van der Waals surface area contributed by atoms with Gasteiger partial charge in [-0.3, -0.25) is 14.5 Å². The van der Waals surface area contributed by atoms with Crippen molar-refractivity contribution in [2.45, 2.75) is 37.1 Å². The van der Waals surface area contributed by atoms with Crippen LogP contribution in [0.1, 0.15) is 36.5 Å². The van der Waals surface area contributed by atoms with E-state index in [1.54, 1.807) is 12.1 Å². The quantitative estimate of drug-likeness (QED) is 0.785. The Labute approximate surface area is 154 Å². The monoisotopic (exact) mass is 379 g/mol. The van der Waals surface area contributed by atoms with Gasteiger partial charge in [-0.2, -0.15) is 4.31 Å². The van der Waals surface area contributed by atoms with Crippen LogP contribution in [0.4, 0.5) is 0 Å². The molecule has 0 radical (unpaired) electrons. The normalized spacial score (nSPS) is 23.3. The fraction of sp³-hybridized carbons (Fsp3) is 0.556. The Hall–Kier alpha value is -1.77. The fourth-order valence-corrected chi connectivity index (χ4v) is 4.96. The number of nitrogens with one attached hydrogen (secondary N) is 1. The van der Waals surface area contributed by atoms with Crippen LogP contribution >= 0.6 is 0 Å². The van der Waals surface area contributed by atoms with Crippen LogP contribution in [-0.4, -0.2) is 68.1 Å². The van der Waals surface area contributed by atoms with Crippen molar-refractivity contribution < 1.29 is 18.0 Å². The van der Waals surface area contributed by atoms with E-state index in [-0.39, 0.29) is 22.6 Å². The van der Waals surface area contributed by atoms with Gasteiger partial charge in [-0.25, -0.2) is 8.42 Å². The van der Waals surface area contributed by atoms with Crippen LogP contribution in [-0.2, 0) is 14.8 Å². The number of hydrogen-bond acceptors (Lipinski definition) is 5. The number of sulfonamides is 1. The first-order valence-electron chi connectivity index (χ1n) is 9.02. The van der Waals surface area contributed by atoms with Crippen LogP contribution < -0.4 is 5.32 Å². The smallest absolute Gasteiger partial charge is 0.243 e. The van der Waals surface area contributed by atoms with Crippen molar-refractivity contribution >= 4 is 21.7 Å². The Bertz CT molecular complexity index is 768. The standard InChI is InChI=1S/C18H25N3O4S/c1-14(22)15-5-7-16(8-6-15)26(24,25)21-12-10-20(11-13-21)17-4-2-3-9-19-18(17)23/h5-8,17H,2-4,9-13H2,1H3,(H,19,23). The molecule has 0 aliphatic carbocycles. The van der Waals surface area contributed by atoms with Gasteiger partial charge in [0, 0.05) is 38.3 Å². The molecule has 7 nitrogen and oxygen atoms in total. The van der Waals surface area contributed by atoms with E-state index in [9.17, 15) is 18.0 Å². The molecular weight excluding hydrogens is 354 g/mol. The third-order valence-electron chi connectivity index (χ3n) is 5.12. The van der Waals surface area contributed by atoms with Gasteiger partial charge in [-0.05, 0) is 38.3 Å². The molecule has 2 aliphatic heterocycles. The lowest BCUT2D eigenvalue weighted by Crippen LogP contribution is -2.55. The molecule has 2 heterocycles. The summed E-state index contributed by atoms with van der Waals surface area (Å²) >= 11 is 0. The topological polar surface area (TPSA) is 86.8 Å². The Morgan fingerprint density at radius 3 is 2.35 bits per heavy atom. The number of hydrogen-bond donors (Lipinski definition) is 1. The van der Waals surface area contributed by atoms with E-state index in [0.717, 1.165) is 25.8 Å². The largest absolute Gasteiger partial charge is 0.355 e. The number of nitrogens with zero attached hydrogens (tertiary/aromatic N) is 2. The molecule has 2 fully saturated rings. The number of benzene rings is 1. The van der Waals surface area contributed by atoms with Gasteiger partial charge in [0.2, 0.25) is 15.9 Å². The highest BCUT2D eigenvalue weighted by Crippen LogP contribution is 2.21. The van der Waals surface area contributed by atoms with Crippen LogP contribution in [0, 0.1) is 0 Å². The molecule has 0 aromatic heterocycles. The van der Waals surface area contributed by atoms with E-state index in [4.69, 9.17) is 0 Å². The number of Topliss-reactive ketones (excluding diaryl/α,β-unsaturated/α-hetero) is 1. The molecule has 0 spiro atoms. The van der Waals surface area contributed by atoms with Crippen molar-refractivity contribution in [3.05, 3.63) is 29.8 Å². The fourth-order valence-electron chi connectivity index (χ4n) is 3.54. The molecule has 26 heavy (non-hydrogen) atoms. The minimum absolute atomic E-state index is 0.0543. The average Bonchev–Trinajstić information content (AvgIpc) is 2.86. The second kappa shape index (κ2) is 7.85. The third-order valence-corrected chi connectivity index (χ3v) is 7.03. The summed E-state index contributed by atoms with van der Waals surface area (Å²) in [4.78, 5) is 25.8. The first kappa shape index (κ1) is 19.0.